The topological polar surface area (TPSA) is 50.4 Å². The van der Waals surface area contributed by atoms with E-state index in [0.717, 1.165) is 16.3 Å². The molecule has 0 fully saturated rings. The summed E-state index contributed by atoms with van der Waals surface area (Å²) in [5.41, 5.74) is 1.14. The Hall–Kier alpha value is -1.39. The van der Waals surface area contributed by atoms with Crippen LogP contribution in [0.3, 0.4) is 0 Å². The van der Waals surface area contributed by atoms with Crippen molar-refractivity contribution in [2.24, 2.45) is 0 Å². The molecule has 0 amide bonds. The first kappa shape index (κ1) is 13.1. The van der Waals surface area contributed by atoms with Crippen LogP contribution in [0.25, 0.3) is 0 Å². The van der Waals surface area contributed by atoms with E-state index in [4.69, 9.17) is 21.1 Å². The van der Waals surface area contributed by atoms with Crippen molar-refractivity contribution in [1.29, 1.82) is 0 Å². The third-order valence-corrected chi connectivity index (χ3v) is 3.54. The van der Waals surface area contributed by atoms with E-state index >= 15 is 0 Å². The maximum absolute atomic E-state index is 10.6. The molecule has 1 aromatic carbocycles. The lowest BCUT2D eigenvalue weighted by atomic mass is 10.2. The van der Waals surface area contributed by atoms with Gasteiger partial charge in [0.1, 0.15) is 5.76 Å². The van der Waals surface area contributed by atoms with Crippen LogP contribution in [0.5, 0.6) is 0 Å². The summed E-state index contributed by atoms with van der Waals surface area (Å²) in [6, 6.07) is 10.8. The molecule has 0 aliphatic carbocycles. The molecule has 3 nitrogen and oxygen atoms in total. The standard InChI is InChI=1S/C13H11ClO3S/c14-10-3-1-2-9(6-10)7-18-8-11-4-5-12(17-11)13(15)16/h1-6H,7-8H2,(H,15,16). The number of carbonyl (C=O) groups is 1. The Morgan fingerprint density at radius 3 is 2.78 bits per heavy atom. The van der Waals surface area contributed by atoms with Crippen molar-refractivity contribution in [3.05, 3.63) is 58.5 Å². The molecule has 2 rings (SSSR count). The Labute approximate surface area is 114 Å². The molecular formula is C13H11ClO3S. The second kappa shape index (κ2) is 5.98. The minimum absolute atomic E-state index is 0.0200. The fourth-order valence-electron chi connectivity index (χ4n) is 1.47. The Kier molecular flexibility index (Phi) is 4.33. The molecule has 0 saturated heterocycles. The molecule has 0 bridgehead atoms. The fraction of sp³-hybridized carbons (Fsp3) is 0.154. The summed E-state index contributed by atoms with van der Waals surface area (Å²) in [7, 11) is 0. The molecule has 0 spiro atoms. The lowest BCUT2D eigenvalue weighted by Crippen LogP contribution is -1.91. The quantitative estimate of drug-likeness (QED) is 0.898. The Balaban J connectivity index is 1.86. The number of hydrogen-bond donors (Lipinski definition) is 1. The van der Waals surface area contributed by atoms with Crippen LogP contribution in [0.2, 0.25) is 5.02 Å². The summed E-state index contributed by atoms with van der Waals surface area (Å²) in [5.74, 6) is 1.05. The van der Waals surface area contributed by atoms with Crippen molar-refractivity contribution >= 4 is 29.3 Å². The van der Waals surface area contributed by atoms with Gasteiger partial charge in [-0.3, -0.25) is 0 Å². The van der Waals surface area contributed by atoms with Gasteiger partial charge in [-0.15, -0.1) is 11.8 Å². The van der Waals surface area contributed by atoms with Gasteiger partial charge in [-0.25, -0.2) is 4.79 Å². The summed E-state index contributed by atoms with van der Waals surface area (Å²) in [6.45, 7) is 0. The molecule has 5 heteroatoms. The number of carboxylic acid groups (broad SMARTS) is 1. The number of hydrogen-bond acceptors (Lipinski definition) is 3. The minimum Gasteiger partial charge on any atom is -0.475 e. The van der Waals surface area contributed by atoms with Gasteiger partial charge in [-0.2, -0.15) is 0 Å². The molecule has 18 heavy (non-hydrogen) atoms. The molecule has 94 valence electrons. The highest BCUT2D eigenvalue weighted by Gasteiger charge is 2.08. The van der Waals surface area contributed by atoms with Gasteiger partial charge in [0.25, 0.3) is 0 Å². The zero-order valence-corrected chi connectivity index (χ0v) is 11.0. The number of furan rings is 1. The van der Waals surface area contributed by atoms with E-state index in [1.807, 2.05) is 24.3 Å². The van der Waals surface area contributed by atoms with E-state index in [-0.39, 0.29) is 5.76 Å². The third kappa shape index (κ3) is 3.55. The normalized spacial score (nSPS) is 10.5. The molecule has 1 aromatic heterocycles. The smallest absolute Gasteiger partial charge is 0.371 e. The zero-order valence-electron chi connectivity index (χ0n) is 9.43. The van der Waals surface area contributed by atoms with Crippen LogP contribution in [0.1, 0.15) is 21.9 Å². The van der Waals surface area contributed by atoms with Crippen molar-refractivity contribution in [2.75, 3.05) is 0 Å². The molecule has 0 aliphatic rings. The number of carboxylic acids is 1. The highest BCUT2D eigenvalue weighted by atomic mass is 35.5. The third-order valence-electron chi connectivity index (χ3n) is 2.27. The summed E-state index contributed by atoms with van der Waals surface area (Å²) >= 11 is 7.53. The van der Waals surface area contributed by atoms with Gasteiger partial charge in [0.15, 0.2) is 0 Å². The van der Waals surface area contributed by atoms with Crippen LogP contribution in [0, 0.1) is 0 Å². The number of halogens is 1. The van der Waals surface area contributed by atoms with Crippen LogP contribution >= 0.6 is 23.4 Å². The van der Waals surface area contributed by atoms with E-state index in [0.29, 0.717) is 11.5 Å². The Morgan fingerprint density at radius 2 is 2.11 bits per heavy atom. The van der Waals surface area contributed by atoms with Crippen molar-refractivity contribution < 1.29 is 14.3 Å². The average molecular weight is 283 g/mol. The first-order chi connectivity index (χ1) is 8.65. The van der Waals surface area contributed by atoms with E-state index in [1.165, 1.54) is 6.07 Å². The largest absolute Gasteiger partial charge is 0.475 e. The second-order valence-corrected chi connectivity index (χ2v) is 5.12. The van der Waals surface area contributed by atoms with Gasteiger partial charge in [-0.1, -0.05) is 23.7 Å². The van der Waals surface area contributed by atoms with Crippen molar-refractivity contribution in [3.63, 3.8) is 0 Å². The van der Waals surface area contributed by atoms with Gasteiger partial charge >= 0.3 is 5.97 Å². The van der Waals surface area contributed by atoms with Crippen LogP contribution in [-0.4, -0.2) is 11.1 Å². The lowest BCUT2D eigenvalue weighted by Gasteiger charge is -2.00. The van der Waals surface area contributed by atoms with Gasteiger partial charge < -0.3 is 9.52 Å². The number of benzene rings is 1. The van der Waals surface area contributed by atoms with E-state index < -0.39 is 5.97 Å². The summed E-state index contributed by atoms with van der Waals surface area (Å²) in [5, 5.41) is 9.44. The van der Waals surface area contributed by atoms with Gasteiger partial charge in [0, 0.05) is 10.8 Å². The van der Waals surface area contributed by atoms with Crippen molar-refractivity contribution in [1.82, 2.24) is 0 Å². The number of thioether (sulfide) groups is 1. The van der Waals surface area contributed by atoms with Gasteiger partial charge in [0.2, 0.25) is 5.76 Å². The highest BCUT2D eigenvalue weighted by Crippen LogP contribution is 2.21. The monoisotopic (exact) mass is 282 g/mol. The average Bonchev–Trinajstić information content (AvgIpc) is 2.78. The summed E-state index contributed by atoms with van der Waals surface area (Å²) < 4.78 is 5.16. The first-order valence-electron chi connectivity index (χ1n) is 5.29. The van der Waals surface area contributed by atoms with E-state index in [1.54, 1.807) is 17.8 Å². The molecule has 0 unspecified atom stereocenters. The van der Waals surface area contributed by atoms with Crippen molar-refractivity contribution in [3.8, 4) is 0 Å². The van der Waals surface area contributed by atoms with Crippen LogP contribution in [0.4, 0.5) is 0 Å². The highest BCUT2D eigenvalue weighted by molar-refractivity contribution is 7.97. The van der Waals surface area contributed by atoms with E-state index in [2.05, 4.69) is 0 Å². The van der Waals surface area contributed by atoms with Crippen molar-refractivity contribution in [2.45, 2.75) is 11.5 Å². The molecule has 1 heterocycles. The molecule has 0 radical (unpaired) electrons. The molecule has 0 atom stereocenters. The SMILES string of the molecule is O=C(O)c1ccc(CSCc2cccc(Cl)c2)o1. The second-order valence-electron chi connectivity index (χ2n) is 3.69. The predicted molar refractivity (Wildman–Crippen MR) is 72.1 cm³/mol. The summed E-state index contributed by atoms with van der Waals surface area (Å²) in [6.07, 6.45) is 0. The maximum Gasteiger partial charge on any atom is 0.371 e. The van der Waals surface area contributed by atoms with Crippen LogP contribution in [-0.2, 0) is 11.5 Å². The first-order valence-corrected chi connectivity index (χ1v) is 6.82. The molecule has 2 aromatic rings. The van der Waals surface area contributed by atoms with Crippen LogP contribution in [0.15, 0.2) is 40.8 Å². The number of aromatic carboxylic acids is 1. The maximum atomic E-state index is 10.6. The Bertz CT molecular complexity index is 551. The molecule has 0 saturated carbocycles. The predicted octanol–water partition coefficient (Wildman–Crippen LogP) is 4.06. The minimum atomic E-state index is -1.04. The van der Waals surface area contributed by atoms with E-state index in [9.17, 15) is 4.79 Å². The summed E-state index contributed by atoms with van der Waals surface area (Å²) in [4.78, 5) is 10.6. The van der Waals surface area contributed by atoms with Crippen LogP contribution < -0.4 is 0 Å². The fourth-order valence-corrected chi connectivity index (χ4v) is 2.55. The number of rotatable bonds is 5. The molecule has 0 aliphatic heterocycles. The Morgan fingerprint density at radius 1 is 1.28 bits per heavy atom. The lowest BCUT2D eigenvalue weighted by molar-refractivity contribution is 0.0661. The molecule has 1 N–H and O–H groups in total. The molecular weight excluding hydrogens is 272 g/mol. The van der Waals surface area contributed by atoms with Gasteiger partial charge in [0.05, 0.1) is 5.75 Å². The zero-order chi connectivity index (χ0) is 13.0. The van der Waals surface area contributed by atoms with Gasteiger partial charge in [-0.05, 0) is 29.8 Å².